The lowest BCUT2D eigenvalue weighted by Crippen LogP contribution is -2.37. The van der Waals surface area contributed by atoms with Gasteiger partial charge in [0.2, 0.25) is 5.91 Å². The summed E-state index contributed by atoms with van der Waals surface area (Å²) in [6.45, 7) is 2.03. The minimum absolute atomic E-state index is 0.105. The molecule has 0 aliphatic carbocycles. The average Bonchev–Trinajstić information content (AvgIpc) is 2.70. The van der Waals surface area contributed by atoms with Crippen LogP contribution in [0.3, 0.4) is 0 Å². The van der Waals surface area contributed by atoms with E-state index in [-0.39, 0.29) is 38.6 Å². The van der Waals surface area contributed by atoms with Crippen molar-refractivity contribution in [2.75, 3.05) is 26.3 Å². The van der Waals surface area contributed by atoms with Crippen molar-refractivity contribution in [2.45, 2.75) is 90.4 Å². The SMILES string of the molecule is CCCCCCCCCCCCCC=CC(CC(=O)N(CCO)CCO)C(=O)O. The van der Waals surface area contributed by atoms with E-state index < -0.39 is 11.9 Å². The van der Waals surface area contributed by atoms with Gasteiger partial charge >= 0.3 is 5.97 Å². The Labute approximate surface area is 177 Å². The van der Waals surface area contributed by atoms with Gasteiger partial charge in [-0.25, -0.2) is 0 Å². The first kappa shape index (κ1) is 27.6. The number of rotatable bonds is 20. The molecule has 170 valence electrons. The highest BCUT2D eigenvalue weighted by molar-refractivity contribution is 5.83. The highest BCUT2D eigenvalue weighted by Gasteiger charge is 2.21. The molecule has 1 unspecified atom stereocenters. The molecule has 29 heavy (non-hydrogen) atoms. The third kappa shape index (κ3) is 16.1. The second kappa shape index (κ2) is 19.9. The number of nitrogens with zero attached hydrogens (tertiary/aromatic N) is 1. The predicted octanol–water partition coefficient (Wildman–Crippen LogP) is 4.15. The summed E-state index contributed by atoms with van der Waals surface area (Å²) >= 11 is 0. The van der Waals surface area contributed by atoms with Crippen LogP contribution in [0.4, 0.5) is 0 Å². The lowest BCUT2D eigenvalue weighted by molar-refractivity contribution is -0.144. The van der Waals surface area contributed by atoms with Crippen LogP contribution < -0.4 is 0 Å². The van der Waals surface area contributed by atoms with Crippen LogP contribution in [0.25, 0.3) is 0 Å². The van der Waals surface area contributed by atoms with Crippen molar-refractivity contribution in [3.63, 3.8) is 0 Å². The van der Waals surface area contributed by atoms with Crippen LogP contribution >= 0.6 is 0 Å². The van der Waals surface area contributed by atoms with Crippen LogP contribution in [-0.4, -0.2) is 58.4 Å². The summed E-state index contributed by atoms with van der Waals surface area (Å²) in [5.41, 5.74) is 0. The molecule has 0 aliphatic heterocycles. The number of amides is 1. The number of aliphatic carboxylic acids is 1. The largest absolute Gasteiger partial charge is 0.481 e. The number of allylic oxidation sites excluding steroid dienone is 1. The minimum atomic E-state index is -1.03. The third-order valence-electron chi connectivity index (χ3n) is 5.15. The van der Waals surface area contributed by atoms with Crippen LogP contribution in [0.1, 0.15) is 90.4 Å². The van der Waals surface area contributed by atoms with Gasteiger partial charge in [-0.15, -0.1) is 0 Å². The van der Waals surface area contributed by atoms with E-state index in [0.29, 0.717) is 0 Å². The first-order valence-corrected chi connectivity index (χ1v) is 11.5. The summed E-state index contributed by atoms with van der Waals surface area (Å²) in [6.07, 6.45) is 18.2. The van der Waals surface area contributed by atoms with E-state index in [1.54, 1.807) is 6.08 Å². The van der Waals surface area contributed by atoms with Gasteiger partial charge in [0.15, 0.2) is 0 Å². The monoisotopic (exact) mass is 413 g/mol. The van der Waals surface area contributed by atoms with Crippen LogP contribution in [0.15, 0.2) is 12.2 Å². The van der Waals surface area contributed by atoms with Crippen molar-refractivity contribution in [2.24, 2.45) is 5.92 Å². The van der Waals surface area contributed by atoms with Gasteiger partial charge in [-0.1, -0.05) is 83.3 Å². The van der Waals surface area contributed by atoms with E-state index in [9.17, 15) is 14.7 Å². The minimum Gasteiger partial charge on any atom is -0.481 e. The molecule has 1 atom stereocenters. The highest BCUT2D eigenvalue weighted by Crippen LogP contribution is 2.13. The molecule has 0 heterocycles. The van der Waals surface area contributed by atoms with E-state index in [0.717, 1.165) is 19.3 Å². The fraction of sp³-hybridized carbons (Fsp3) is 0.826. The summed E-state index contributed by atoms with van der Waals surface area (Å²) in [7, 11) is 0. The Morgan fingerprint density at radius 1 is 0.828 bits per heavy atom. The molecule has 0 rings (SSSR count). The Kier molecular flexibility index (Phi) is 18.9. The molecular weight excluding hydrogens is 370 g/mol. The van der Waals surface area contributed by atoms with Crippen molar-refractivity contribution in [3.8, 4) is 0 Å². The number of carboxylic acids is 1. The number of hydrogen-bond acceptors (Lipinski definition) is 4. The fourth-order valence-corrected chi connectivity index (χ4v) is 3.34. The molecule has 0 radical (unpaired) electrons. The second-order valence-corrected chi connectivity index (χ2v) is 7.73. The zero-order valence-electron chi connectivity index (χ0n) is 18.4. The fourth-order valence-electron chi connectivity index (χ4n) is 3.34. The normalized spacial score (nSPS) is 12.4. The summed E-state index contributed by atoms with van der Waals surface area (Å²) in [5, 5.41) is 27.3. The standard InChI is InChI=1S/C23H43NO5/c1-2-3-4-5-6-7-8-9-10-11-12-13-14-15-21(23(28)29)20-22(27)24(16-18-25)17-19-26/h14-15,21,25-26H,2-13,16-20H2,1H3,(H,28,29). The Balaban J connectivity index is 3.94. The zero-order chi connectivity index (χ0) is 21.7. The molecule has 0 aliphatic rings. The summed E-state index contributed by atoms with van der Waals surface area (Å²) in [5.74, 6) is -2.25. The van der Waals surface area contributed by atoms with Gasteiger partial charge in [-0.05, 0) is 12.8 Å². The number of carbonyl (C=O) groups is 2. The lowest BCUT2D eigenvalue weighted by Gasteiger charge is -2.21. The van der Waals surface area contributed by atoms with Gasteiger partial charge in [0.25, 0.3) is 0 Å². The van der Waals surface area contributed by atoms with Crippen LogP contribution in [-0.2, 0) is 9.59 Å². The van der Waals surface area contributed by atoms with Crippen molar-refractivity contribution < 1.29 is 24.9 Å². The van der Waals surface area contributed by atoms with E-state index in [1.165, 1.54) is 62.7 Å². The Hall–Kier alpha value is -1.40. The number of carboxylic acid groups (broad SMARTS) is 1. The molecule has 0 spiro atoms. The Morgan fingerprint density at radius 2 is 1.31 bits per heavy atom. The molecule has 0 saturated carbocycles. The number of unbranched alkanes of at least 4 members (excludes halogenated alkanes) is 11. The quantitative estimate of drug-likeness (QED) is 0.206. The Bertz CT molecular complexity index is 433. The van der Waals surface area contributed by atoms with Crippen LogP contribution in [0, 0.1) is 5.92 Å². The van der Waals surface area contributed by atoms with Gasteiger partial charge in [-0.2, -0.15) is 0 Å². The van der Waals surface area contributed by atoms with E-state index in [4.69, 9.17) is 10.2 Å². The topological polar surface area (TPSA) is 98.1 Å². The molecule has 6 heteroatoms. The lowest BCUT2D eigenvalue weighted by atomic mass is 10.0. The molecular formula is C23H43NO5. The van der Waals surface area contributed by atoms with E-state index in [2.05, 4.69) is 6.92 Å². The highest BCUT2D eigenvalue weighted by atomic mass is 16.4. The average molecular weight is 414 g/mol. The molecule has 0 fully saturated rings. The zero-order valence-corrected chi connectivity index (χ0v) is 18.4. The molecule has 6 nitrogen and oxygen atoms in total. The van der Waals surface area contributed by atoms with Crippen LogP contribution in [0.2, 0.25) is 0 Å². The van der Waals surface area contributed by atoms with E-state index in [1.807, 2.05) is 6.08 Å². The maximum Gasteiger partial charge on any atom is 0.310 e. The second-order valence-electron chi connectivity index (χ2n) is 7.73. The van der Waals surface area contributed by atoms with Crippen molar-refractivity contribution >= 4 is 11.9 Å². The van der Waals surface area contributed by atoms with Gasteiger partial charge in [0, 0.05) is 19.5 Å². The summed E-state index contributed by atoms with van der Waals surface area (Å²) in [6, 6.07) is 0. The van der Waals surface area contributed by atoms with Crippen molar-refractivity contribution in [3.05, 3.63) is 12.2 Å². The smallest absolute Gasteiger partial charge is 0.310 e. The molecule has 3 N–H and O–H groups in total. The van der Waals surface area contributed by atoms with Gasteiger partial charge in [0.1, 0.15) is 0 Å². The summed E-state index contributed by atoms with van der Waals surface area (Å²) < 4.78 is 0. The number of aliphatic hydroxyl groups excluding tert-OH is 2. The Morgan fingerprint density at radius 3 is 1.76 bits per heavy atom. The van der Waals surface area contributed by atoms with Gasteiger partial charge < -0.3 is 20.2 Å². The number of hydrogen-bond donors (Lipinski definition) is 3. The maximum atomic E-state index is 12.2. The first-order chi connectivity index (χ1) is 14.1. The molecule has 0 aromatic heterocycles. The molecule has 0 bridgehead atoms. The molecule has 0 saturated heterocycles. The number of aliphatic hydroxyl groups is 2. The maximum absolute atomic E-state index is 12.2. The molecule has 0 aromatic rings. The van der Waals surface area contributed by atoms with E-state index >= 15 is 0 Å². The number of carbonyl (C=O) groups excluding carboxylic acids is 1. The third-order valence-corrected chi connectivity index (χ3v) is 5.15. The first-order valence-electron chi connectivity index (χ1n) is 11.5. The van der Waals surface area contributed by atoms with Crippen molar-refractivity contribution in [1.29, 1.82) is 0 Å². The molecule has 1 amide bonds. The van der Waals surface area contributed by atoms with Gasteiger partial charge in [-0.3, -0.25) is 9.59 Å². The van der Waals surface area contributed by atoms with Crippen LogP contribution in [0.5, 0.6) is 0 Å². The van der Waals surface area contributed by atoms with Gasteiger partial charge in [0.05, 0.1) is 19.1 Å². The predicted molar refractivity (Wildman–Crippen MR) is 117 cm³/mol. The summed E-state index contributed by atoms with van der Waals surface area (Å²) in [4.78, 5) is 24.9. The molecule has 0 aromatic carbocycles. The van der Waals surface area contributed by atoms with Crippen molar-refractivity contribution in [1.82, 2.24) is 4.90 Å².